The fourth-order valence-corrected chi connectivity index (χ4v) is 2.85. The van der Waals surface area contributed by atoms with Gasteiger partial charge in [0.05, 0.1) is 11.3 Å². The lowest BCUT2D eigenvalue weighted by Crippen LogP contribution is -2.28. The fourth-order valence-electron chi connectivity index (χ4n) is 2.66. The second-order valence-corrected chi connectivity index (χ2v) is 5.88. The maximum atomic E-state index is 12.7. The van der Waals surface area contributed by atoms with Crippen molar-refractivity contribution in [1.29, 1.82) is 0 Å². The van der Waals surface area contributed by atoms with Gasteiger partial charge in [-0.25, -0.2) is 0 Å². The number of nitrogens with zero attached hydrogens (tertiary/aromatic N) is 1. The van der Waals surface area contributed by atoms with E-state index in [1.807, 2.05) is 35.2 Å². The number of rotatable bonds is 3. The van der Waals surface area contributed by atoms with E-state index in [4.69, 9.17) is 17.3 Å². The molecule has 0 atom stereocenters. The van der Waals surface area contributed by atoms with E-state index in [1.54, 1.807) is 12.1 Å². The minimum absolute atomic E-state index is 0.0225. The van der Waals surface area contributed by atoms with Gasteiger partial charge in [-0.2, -0.15) is 0 Å². The number of hydrogen-bond donors (Lipinski definition) is 2. The first-order valence-electron chi connectivity index (χ1n) is 7.35. The smallest absolute Gasteiger partial charge is 0.256 e. The summed E-state index contributed by atoms with van der Waals surface area (Å²) in [7, 11) is 0. The molecule has 1 amide bonds. The van der Waals surface area contributed by atoms with Crippen molar-refractivity contribution in [2.24, 2.45) is 0 Å². The Morgan fingerprint density at radius 2 is 1.91 bits per heavy atom. The van der Waals surface area contributed by atoms with E-state index in [1.165, 1.54) is 0 Å². The highest BCUT2D eigenvalue weighted by Gasteiger charge is 2.22. The molecule has 2 aromatic rings. The SMILES string of the molecule is Nc1ccc(Nc2cccc(Cl)c2)c(C(=O)N2CCCC2)c1. The minimum Gasteiger partial charge on any atom is -0.399 e. The first-order chi connectivity index (χ1) is 10.6. The summed E-state index contributed by atoms with van der Waals surface area (Å²) in [6.07, 6.45) is 2.12. The molecule has 0 bridgehead atoms. The third kappa shape index (κ3) is 3.17. The lowest BCUT2D eigenvalue weighted by Gasteiger charge is -2.19. The number of anilines is 3. The molecule has 5 heteroatoms. The molecular formula is C17H18ClN3O. The van der Waals surface area contributed by atoms with E-state index >= 15 is 0 Å². The number of likely N-dealkylation sites (tertiary alicyclic amines) is 1. The molecule has 0 spiro atoms. The van der Waals surface area contributed by atoms with Gasteiger partial charge in [0.15, 0.2) is 0 Å². The molecule has 114 valence electrons. The van der Waals surface area contributed by atoms with Crippen molar-refractivity contribution in [2.75, 3.05) is 24.1 Å². The molecule has 0 saturated carbocycles. The van der Waals surface area contributed by atoms with Crippen molar-refractivity contribution in [2.45, 2.75) is 12.8 Å². The van der Waals surface area contributed by atoms with E-state index in [2.05, 4.69) is 5.32 Å². The highest BCUT2D eigenvalue weighted by Crippen LogP contribution is 2.27. The van der Waals surface area contributed by atoms with Crippen molar-refractivity contribution in [1.82, 2.24) is 4.90 Å². The summed E-state index contributed by atoms with van der Waals surface area (Å²) in [5, 5.41) is 3.90. The first-order valence-corrected chi connectivity index (χ1v) is 7.73. The van der Waals surface area contributed by atoms with E-state index in [0.29, 0.717) is 16.3 Å². The second-order valence-electron chi connectivity index (χ2n) is 5.44. The molecule has 3 rings (SSSR count). The van der Waals surface area contributed by atoms with Crippen LogP contribution in [0.4, 0.5) is 17.1 Å². The molecule has 1 aliphatic heterocycles. The molecule has 3 N–H and O–H groups in total. The van der Waals surface area contributed by atoms with Crippen LogP contribution in [0.2, 0.25) is 5.02 Å². The predicted octanol–water partition coefficient (Wildman–Crippen LogP) is 3.90. The zero-order valence-corrected chi connectivity index (χ0v) is 12.9. The Morgan fingerprint density at radius 1 is 1.14 bits per heavy atom. The van der Waals surface area contributed by atoms with E-state index in [-0.39, 0.29) is 5.91 Å². The first kappa shape index (κ1) is 14.7. The van der Waals surface area contributed by atoms with Crippen molar-refractivity contribution >= 4 is 34.6 Å². The van der Waals surface area contributed by atoms with Crippen molar-refractivity contribution < 1.29 is 4.79 Å². The van der Waals surface area contributed by atoms with Crippen LogP contribution < -0.4 is 11.1 Å². The molecule has 4 nitrogen and oxygen atoms in total. The van der Waals surface area contributed by atoms with Gasteiger partial charge in [0, 0.05) is 29.5 Å². The Morgan fingerprint density at radius 3 is 2.64 bits per heavy atom. The van der Waals surface area contributed by atoms with Crippen molar-refractivity contribution in [3.8, 4) is 0 Å². The van der Waals surface area contributed by atoms with Crippen LogP contribution >= 0.6 is 11.6 Å². The van der Waals surface area contributed by atoms with Gasteiger partial charge in [0.25, 0.3) is 5.91 Å². The van der Waals surface area contributed by atoms with Crippen LogP contribution in [0.25, 0.3) is 0 Å². The highest BCUT2D eigenvalue weighted by molar-refractivity contribution is 6.30. The monoisotopic (exact) mass is 315 g/mol. The minimum atomic E-state index is 0.0225. The summed E-state index contributed by atoms with van der Waals surface area (Å²) in [5.41, 5.74) is 8.63. The van der Waals surface area contributed by atoms with Gasteiger partial charge in [0.1, 0.15) is 0 Å². The number of halogens is 1. The van der Waals surface area contributed by atoms with Crippen LogP contribution in [0.1, 0.15) is 23.2 Å². The predicted molar refractivity (Wildman–Crippen MR) is 90.7 cm³/mol. The Labute approximate surface area is 134 Å². The largest absolute Gasteiger partial charge is 0.399 e. The number of benzene rings is 2. The fraction of sp³-hybridized carbons (Fsp3) is 0.235. The number of amides is 1. The maximum absolute atomic E-state index is 12.7. The average Bonchev–Trinajstić information content (AvgIpc) is 3.03. The lowest BCUT2D eigenvalue weighted by molar-refractivity contribution is 0.0794. The number of carbonyl (C=O) groups is 1. The summed E-state index contributed by atoms with van der Waals surface area (Å²) in [5.74, 6) is 0.0225. The molecule has 22 heavy (non-hydrogen) atoms. The molecular weight excluding hydrogens is 298 g/mol. The van der Waals surface area contributed by atoms with Crippen LogP contribution in [-0.2, 0) is 0 Å². The van der Waals surface area contributed by atoms with E-state index in [9.17, 15) is 4.79 Å². The standard InChI is InChI=1S/C17H18ClN3O/c18-12-4-3-5-14(10-12)20-16-7-6-13(19)11-15(16)17(22)21-8-1-2-9-21/h3-7,10-11,20H,1-2,8-9,19H2. The third-order valence-corrected chi connectivity index (χ3v) is 4.01. The van der Waals surface area contributed by atoms with Crippen LogP contribution in [-0.4, -0.2) is 23.9 Å². The number of nitrogens with two attached hydrogens (primary N) is 1. The number of carbonyl (C=O) groups excluding carboxylic acids is 1. The van der Waals surface area contributed by atoms with Gasteiger partial charge >= 0.3 is 0 Å². The topological polar surface area (TPSA) is 58.4 Å². The molecule has 0 unspecified atom stereocenters. The normalized spacial score (nSPS) is 14.1. The summed E-state index contributed by atoms with van der Waals surface area (Å²) < 4.78 is 0. The molecule has 1 saturated heterocycles. The van der Waals surface area contributed by atoms with Gasteiger partial charge in [-0.1, -0.05) is 17.7 Å². The Balaban J connectivity index is 1.92. The molecule has 1 fully saturated rings. The Kier molecular flexibility index (Phi) is 4.20. The zero-order valence-electron chi connectivity index (χ0n) is 12.2. The summed E-state index contributed by atoms with van der Waals surface area (Å²) in [6.45, 7) is 1.62. The molecule has 0 radical (unpaired) electrons. The Bertz CT molecular complexity index is 696. The van der Waals surface area contributed by atoms with Crippen LogP contribution in [0.5, 0.6) is 0 Å². The number of nitrogens with one attached hydrogen (secondary N) is 1. The van der Waals surface area contributed by atoms with Crippen LogP contribution in [0, 0.1) is 0 Å². The highest BCUT2D eigenvalue weighted by atomic mass is 35.5. The summed E-state index contributed by atoms with van der Waals surface area (Å²) in [6, 6.07) is 12.8. The van der Waals surface area contributed by atoms with Gasteiger partial charge in [0.2, 0.25) is 0 Å². The quantitative estimate of drug-likeness (QED) is 0.844. The maximum Gasteiger partial charge on any atom is 0.256 e. The zero-order chi connectivity index (χ0) is 15.5. The average molecular weight is 316 g/mol. The van der Waals surface area contributed by atoms with Crippen molar-refractivity contribution in [3.63, 3.8) is 0 Å². The third-order valence-electron chi connectivity index (χ3n) is 3.77. The van der Waals surface area contributed by atoms with E-state index in [0.717, 1.165) is 37.3 Å². The van der Waals surface area contributed by atoms with Crippen LogP contribution in [0.3, 0.4) is 0 Å². The molecule has 2 aromatic carbocycles. The number of nitrogen functional groups attached to an aromatic ring is 1. The number of hydrogen-bond acceptors (Lipinski definition) is 3. The summed E-state index contributed by atoms with van der Waals surface area (Å²) >= 11 is 6.01. The van der Waals surface area contributed by atoms with Gasteiger partial charge in [-0.15, -0.1) is 0 Å². The summed E-state index contributed by atoms with van der Waals surface area (Å²) in [4.78, 5) is 14.6. The Hall–Kier alpha value is -2.20. The molecule has 0 aliphatic carbocycles. The van der Waals surface area contributed by atoms with Gasteiger partial charge < -0.3 is 16.0 Å². The van der Waals surface area contributed by atoms with Gasteiger partial charge in [-0.3, -0.25) is 4.79 Å². The second kappa shape index (κ2) is 6.28. The molecule has 0 aromatic heterocycles. The van der Waals surface area contributed by atoms with Crippen LogP contribution in [0.15, 0.2) is 42.5 Å². The molecule has 1 aliphatic rings. The van der Waals surface area contributed by atoms with E-state index < -0.39 is 0 Å². The van der Waals surface area contributed by atoms with Gasteiger partial charge in [-0.05, 0) is 49.2 Å². The lowest BCUT2D eigenvalue weighted by atomic mass is 10.1. The molecule has 1 heterocycles. The van der Waals surface area contributed by atoms with Crippen molar-refractivity contribution in [3.05, 3.63) is 53.1 Å².